The Balaban J connectivity index is 1.75. The first-order valence-electron chi connectivity index (χ1n) is 6.76. The predicted molar refractivity (Wildman–Crippen MR) is 72.4 cm³/mol. The molecule has 0 amide bonds. The molecule has 94 valence electrons. The number of benzene rings is 1. The summed E-state index contributed by atoms with van der Waals surface area (Å²) in [6.07, 6.45) is 11.5. The van der Waals surface area contributed by atoms with Crippen molar-refractivity contribution in [2.45, 2.75) is 31.7 Å². The van der Waals surface area contributed by atoms with Gasteiger partial charge >= 0.3 is 0 Å². The second kappa shape index (κ2) is 5.05. The van der Waals surface area contributed by atoms with Crippen molar-refractivity contribution in [1.82, 2.24) is 0 Å². The van der Waals surface area contributed by atoms with Crippen LogP contribution < -0.4 is 0 Å². The second-order valence-electron chi connectivity index (χ2n) is 5.43. The van der Waals surface area contributed by atoms with Crippen LogP contribution in [0.5, 0.6) is 0 Å². The predicted octanol–water partition coefficient (Wildman–Crippen LogP) is 3.99. The standard InChI is InChI=1S/C16H18FN/c17-15-5-1-4-13(10-15)11-18-16-6-2-3-12-7-8-14(16)9-12/h1-2,4-6,10-12,14,16H,3,7-9H2. The normalized spacial score (nSPS) is 30.8. The summed E-state index contributed by atoms with van der Waals surface area (Å²) in [6, 6.07) is 6.90. The van der Waals surface area contributed by atoms with E-state index in [0.29, 0.717) is 12.0 Å². The molecule has 0 radical (unpaired) electrons. The summed E-state index contributed by atoms with van der Waals surface area (Å²) in [5.74, 6) is 1.37. The summed E-state index contributed by atoms with van der Waals surface area (Å²) in [5, 5.41) is 0. The molecular formula is C16H18FN. The van der Waals surface area contributed by atoms with Crippen LogP contribution in [0.3, 0.4) is 0 Å². The van der Waals surface area contributed by atoms with Gasteiger partial charge in [-0.3, -0.25) is 4.99 Å². The highest BCUT2D eigenvalue weighted by molar-refractivity contribution is 5.79. The lowest BCUT2D eigenvalue weighted by Gasteiger charge is -2.14. The third kappa shape index (κ3) is 2.53. The molecule has 1 aromatic carbocycles. The van der Waals surface area contributed by atoms with Gasteiger partial charge in [-0.15, -0.1) is 0 Å². The van der Waals surface area contributed by atoms with Gasteiger partial charge in [0.15, 0.2) is 0 Å². The molecule has 0 spiro atoms. The minimum Gasteiger partial charge on any atom is -0.285 e. The van der Waals surface area contributed by atoms with Crippen LogP contribution in [-0.2, 0) is 0 Å². The van der Waals surface area contributed by atoms with Crippen LogP contribution in [0.1, 0.15) is 31.2 Å². The highest BCUT2D eigenvalue weighted by Gasteiger charge is 2.30. The summed E-state index contributed by atoms with van der Waals surface area (Å²) in [4.78, 5) is 4.66. The van der Waals surface area contributed by atoms with Gasteiger partial charge in [-0.2, -0.15) is 0 Å². The van der Waals surface area contributed by atoms with Crippen molar-refractivity contribution in [3.05, 3.63) is 47.8 Å². The molecule has 1 saturated carbocycles. The van der Waals surface area contributed by atoms with E-state index in [4.69, 9.17) is 0 Å². The van der Waals surface area contributed by atoms with Crippen LogP contribution in [0.25, 0.3) is 0 Å². The molecule has 0 saturated heterocycles. The SMILES string of the molecule is Fc1cccc(C=NC2C=CCC3CCC2C3)c1. The third-order valence-electron chi connectivity index (χ3n) is 4.11. The molecule has 18 heavy (non-hydrogen) atoms. The number of halogens is 1. The highest BCUT2D eigenvalue weighted by Crippen LogP contribution is 2.39. The van der Waals surface area contributed by atoms with Crippen molar-refractivity contribution in [1.29, 1.82) is 0 Å². The van der Waals surface area contributed by atoms with Gasteiger partial charge in [0.25, 0.3) is 0 Å². The van der Waals surface area contributed by atoms with Crippen molar-refractivity contribution < 1.29 is 4.39 Å². The zero-order valence-electron chi connectivity index (χ0n) is 10.4. The zero-order chi connectivity index (χ0) is 12.4. The maximum atomic E-state index is 13.1. The van der Waals surface area contributed by atoms with Gasteiger partial charge in [0.1, 0.15) is 5.82 Å². The summed E-state index contributed by atoms with van der Waals surface area (Å²) in [6.45, 7) is 0. The van der Waals surface area contributed by atoms with E-state index in [0.717, 1.165) is 11.5 Å². The lowest BCUT2D eigenvalue weighted by atomic mass is 9.99. The second-order valence-corrected chi connectivity index (χ2v) is 5.43. The highest BCUT2D eigenvalue weighted by atomic mass is 19.1. The monoisotopic (exact) mass is 243 g/mol. The summed E-state index contributed by atoms with van der Waals surface area (Å²) < 4.78 is 13.1. The maximum absolute atomic E-state index is 13.1. The number of nitrogens with zero attached hydrogens (tertiary/aromatic N) is 1. The summed E-state index contributed by atoms with van der Waals surface area (Å²) in [7, 11) is 0. The Labute approximate surface area is 107 Å². The van der Waals surface area contributed by atoms with Crippen LogP contribution in [0.4, 0.5) is 4.39 Å². The molecule has 1 fully saturated rings. The lowest BCUT2D eigenvalue weighted by Crippen LogP contribution is -2.12. The molecule has 2 bridgehead atoms. The average Bonchev–Trinajstić information content (AvgIpc) is 2.71. The molecule has 3 rings (SSSR count). The average molecular weight is 243 g/mol. The molecule has 0 aliphatic heterocycles. The Morgan fingerprint density at radius 3 is 3.11 bits per heavy atom. The first kappa shape index (κ1) is 11.6. The van der Waals surface area contributed by atoms with E-state index in [-0.39, 0.29) is 5.82 Å². The fourth-order valence-electron chi connectivity index (χ4n) is 3.14. The summed E-state index contributed by atoms with van der Waals surface area (Å²) >= 11 is 0. The van der Waals surface area contributed by atoms with Gasteiger partial charge < -0.3 is 0 Å². The molecule has 1 aromatic rings. The maximum Gasteiger partial charge on any atom is 0.123 e. The van der Waals surface area contributed by atoms with Crippen molar-refractivity contribution in [3.63, 3.8) is 0 Å². The number of hydrogen-bond donors (Lipinski definition) is 0. The van der Waals surface area contributed by atoms with E-state index in [1.165, 1.54) is 37.8 Å². The fourth-order valence-corrected chi connectivity index (χ4v) is 3.14. The van der Waals surface area contributed by atoms with Gasteiger partial charge in [0, 0.05) is 6.21 Å². The van der Waals surface area contributed by atoms with Crippen molar-refractivity contribution in [2.75, 3.05) is 0 Å². The van der Waals surface area contributed by atoms with E-state index in [1.54, 1.807) is 6.07 Å². The van der Waals surface area contributed by atoms with E-state index < -0.39 is 0 Å². The van der Waals surface area contributed by atoms with Crippen LogP contribution in [0.2, 0.25) is 0 Å². The minimum atomic E-state index is -0.198. The van der Waals surface area contributed by atoms with Crippen molar-refractivity contribution in [2.24, 2.45) is 16.8 Å². The Bertz CT molecular complexity index is 478. The minimum absolute atomic E-state index is 0.198. The van der Waals surface area contributed by atoms with Crippen LogP contribution >= 0.6 is 0 Å². The molecule has 0 N–H and O–H groups in total. The van der Waals surface area contributed by atoms with Crippen LogP contribution in [-0.4, -0.2) is 12.3 Å². The Kier molecular flexibility index (Phi) is 3.26. The van der Waals surface area contributed by atoms with Gasteiger partial charge in [-0.25, -0.2) is 4.39 Å². The number of fused-ring (bicyclic) bond motifs is 2. The van der Waals surface area contributed by atoms with E-state index >= 15 is 0 Å². The van der Waals surface area contributed by atoms with E-state index in [2.05, 4.69) is 17.1 Å². The molecular weight excluding hydrogens is 225 g/mol. The largest absolute Gasteiger partial charge is 0.285 e. The quantitative estimate of drug-likeness (QED) is 0.550. The molecule has 3 unspecified atom stereocenters. The molecule has 2 aliphatic rings. The van der Waals surface area contributed by atoms with E-state index in [9.17, 15) is 4.39 Å². The van der Waals surface area contributed by atoms with E-state index in [1.807, 2.05) is 12.3 Å². The molecule has 0 aromatic heterocycles. The molecule has 1 nitrogen and oxygen atoms in total. The summed E-state index contributed by atoms with van der Waals surface area (Å²) in [5.41, 5.74) is 0.849. The number of aliphatic imine (C=N–C) groups is 1. The smallest absolute Gasteiger partial charge is 0.123 e. The van der Waals surface area contributed by atoms with Crippen molar-refractivity contribution in [3.8, 4) is 0 Å². The molecule has 0 heterocycles. The van der Waals surface area contributed by atoms with Crippen molar-refractivity contribution >= 4 is 6.21 Å². The Hall–Kier alpha value is -1.44. The topological polar surface area (TPSA) is 12.4 Å². The number of rotatable bonds is 2. The molecule has 2 aliphatic carbocycles. The van der Waals surface area contributed by atoms with Crippen LogP contribution in [0.15, 0.2) is 41.4 Å². The first-order chi connectivity index (χ1) is 8.81. The lowest BCUT2D eigenvalue weighted by molar-refractivity contribution is 0.473. The Morgan fingerprint density at radius 2 is 2.22 bits per heavy atom. The zero-order valence-corrected chi connectivity index (χ0v) is 10.4. The first-order valence-corrected chi connectivity index (χ1v) is 6.76. The fraction of sp³-hybridized carbons (Fsp3) is 0.438. The van der Waals surface area contributed by atoms with Gasteiger partial charge in [-0.1, -0.05) is 24.3 Å². The van der Waals surface area contributed by atoms with Gasteiger partial charge in [-0.05, 0) is 55.2 Å². The third-order valence-corrected chi connectivity index (χ3v) is 4.11. The van der Waals surface area contributed by atoms with Gasteiger partial charge in [0.2, 0.25) is 0 Å². The molecule has 3 atom stereocenters. The van der Waals surface area contributed by atoms with Gasteiger partial charge in [0.05, 0.1) is 6.04 Å². The number of hydrogen-bond acceptors (Lipinski definition) is 1. The molecule has 2 heteroatoms. The van der Waals surface area contributed by atoms with Crippen LogP contribution in [0, 0.1) is 17.7 Å². The Morgan fingerprint density at radius 1 is 1.28 bits per heavy atom. The number of allylic oxidation sites excluding steroid dienone is 1.